The molecule has 0 radical (unpaired) electrons. The number of carbonyl (C=O) groups is 4. The molecule has 1 aliphatic carbocycles. The number of methoxy groups -OCH3 is 1. The Kier molecular flexibility index (Phi) is 10.8. The zero-order chi connectivity index (χ0) is 36.3. The first-order chi connectivity index (χ1) is 23.6. The van der Waals surface area contributed by atoms with Crippen molar-refractivity contribution in [2.45, 2.75) is 77.8 Å². The summed E-state index contributed by atoms with van der Waals surface area (Å²) in [6, 6.07) is 15.9. The maximum Gasteiger partial charge on any atom is 0.407 e. The lowest BCUT2D eigenvalue weighted by molar-refractivity contribution is -0.142. The maximum absolute atomic E-state index is 14.1. The minimum Gasteiger partial charge on any atom is -0.453 e. The van der Waals surface area contributed by atoms with Gasteiger partial charge in [-0.25, -0.2) is 14.8 Å². The average molecular weight is 701 g/mol. The minimum absolute atomic E-state index is 0.0545. The molecule has 2 N–H and O–H groups in total. The lowest BCUT2D eigenvalue weighted by Crippen LogP contribution is -2.43. The van der Waals surface area contributed by atoms with Crippen LogP contribution in [0, 0.1) is 5.41 Å². The summed E-state index contributed by atoms with van der Waals surface area (Å²) in [6.07, 6.45) is 1.98. The fourth-order valence-electron chi connectivity index (χ4n) is 6.40. The monoisotopic (exact) mass is 700 g/mol. The number of benzene rings is 1. The van der Waals surface area contributed by atoms with E-state index < -0.39 is 30.9 Å². The van der Waals surface area contributed by atoms with Crippen molar-refractivity contribution in [3.8, 4) is 0 Å². The van der Waals surface area contributed by atoms with Gasteiger partial charge in [-0.15, -0.1) is 0 Å². The van der Waals surface area contributed by atoms with Gasteiger partial charge in [0.1, 0.15) is 24.9 Å². The van der Waals surface area contributed by atoms with Crippen LogP contribution >= 0.6 is 0 Å². The summed E-state index contributed by atoms with van der Waals surface area (Å²) in [6.45, 7) is 13.2. The molecule has 0 saturated heterocycles. The molecule has 0 fully saturated rings. The molecule has 2 aliphatic rings. The number of ether oxygens (including phenoxy) is 2. The molecule has 1 spiro atoms. The van der Waals surface area contributed by atoms with E-state index in [4.69, 9.17) is 14.5 Å². The Labute approximate surface area is 295 Å². The number of hydrogen-bond donors (Lipinski definition) is 2. The third-order valence-electron chi connectivity index (χ3n) is 9.08. The van der Waals surface area contributed by atoms with E-state index in [1.165, 1.54) is 12.0 Å². The number of pyridine rings is 2. The van der Waals surface area contributed by atoms with Crippen LogP contribution in [0.15, 0.2) is 54.7 Å². The molecule has 4 amide bonds. The number of carbonyl (C=O) groups excluding carboxylic acids is 4. The van der Waals surface area contributed by atoms with Crippen molar-refractivity contribution in [3.05, 3.63) is 82.7 Å². The zero-order valence-electron chi connectivity index (χ0n) is 30.1. The molecule has 50 heavy (non-hydrogen) atoms. The van der Waals surface area contributed by atoms with Crippen LogP contribution in [0.4, 0.5) is 16.4 Å². The molecule has 3 heterocycles. The highest BCUT2D eigenvalue weighted by Gasteiger charge is 2.55. The Bertz CT molecular complexity index is 1770. The first-order valence-electron chi connectivity index (χ1n) is 16.9. The highest BCUT2D eigenvalue weighted by atomic mass is 28.3. The molecule has 12 nitrogen and oxygen atoms in total. The van der Waals surface area contributed by atoms with E-state index in [2.05, 4.69) is 35.3 Å². The maximum atomic E-state index is 14.1. The van der Waals surface area contributed by atoms with Gasteiger partial charge in [-0.05, 0) is 41.3 Å². The Hall–Kier alpha value is -4.62. The molecule has 1 unspecified atom stereocenters. The number of nitrogens with one attached hydrogen (secondary N) is 2. The predicted octanol–water partition coefficient (Wildman–Crippen LogP) is 5.04. The van der Waals surface area contributed by atoms with Gasteiger partial charge < -0.3 is 25.0 Å². The summed E-state index contributed by atoms with van der Waals surface area (Å²) in [5.74, 6) is 0.314. The molecular weight excluding hydrogens is 653 g/mol. The molecule has 1 aromatic carbocycles. The van der Waals surface area contributed by atoms with Gasteiger partial charge in [0, 0.05) is 57.1 Å². The van der Waals surface area contributed by atoms with Crippen molar-refractivity contribution >= 4 is 43.5 Å². The number of fused-ring (bicyclic) bond motifs is 3. The van der Waals surface area contributed by atoms with Gasteiger partial charge in [0.25, 0.3) is 0 Å². The second kappa shape index (κ2) is 14.7. The van der Waals surface area contributed by atoms with Gasteiger partial charge in [-0.3, -0.25) is 19.3 Å². The average Bonchev–Trinajstić information content (AvgIpc) is 3.55. The van der Waals surface area contributed by atoms with Crippen molar-refractivity contribution < 1.29 is 28.7 Å². The second-order valence-electron chi connectivity index (χ2n) is 15.3. The summed E-state index contributed by atoms with van der Waals surface area (Å²) < 4.78 is 10.7. The Morgan fingerprint density at radius 2 is 1.76 bits per heavy atom. The highest BCUT2D eigenvalue weighted by molar-refractivity contribution is 6.76. The molecule has 0 saturated carbocycles. The molecule has 3 aromatic rings. The number of nitrogens with zero attached hydrogens (tertiary/aromatic N) is 4. The van der Waals surface area contributed by atoms with Gasteiger partial charge in [-0.1, -0.05) is 76.8 Å². The van der Waals surface area contributed by atoms with Crippen LogP contribution in [0.5, 0.6) is 0 Å². The van der Waals surface area contributed by atoms with Crippen LogP contribution in [0.3, 0.4) is 0 Å². The van der Waals surface area contributed by atoms with Crippen LogP contribution in [-0.2, 0) is 55.2 Å². The first-order valence-corrected chi connectivity index (χ1v) is 20.6. The fourth-order valence-corrected chi connectivity index (χ4v) is 7.15. The minimum atomic E-state index is -1.28. The number of hydrogen-bond acceptors (Lipinski definition) is 8. The quantitative estimate of drug-likeness (QED) is 0.198. The number of aromatic nitrogens is 2. The van der Waals surface area contributed by atoms with E-state index in [0.29, 0.717) is 31.1 Å². The van der Waals surface area contributed by atoms with Crippen molar-refractivity contribution in [2.24, 2.45) is 5.41 Å². The van der Waals surface area contributed by atoms with E-state index in [1.807, 2.05) is 63.2 Å². The number of alkyl carbamates (subject to hydrolysis) is 1. The summed E-state index contributed by atoms with van der Waals surface area (Å²) in [7, 11) is 0.00981. The third kappa shape index (κ3) is 8.21. The van der Waals surface area contributed by atoms with E-state index in [-0.39, 0.29) is 38.2 Å². The molecule has 1 aliphatic heterocycles. The Balaban J connectivity index is 1.30. The normalized spacial score (nSPS) is 16.6. The van der Waals surface area contributed by atoms with Gasteiger partial charge in [0.15, 0.2) is 0 Å². The predicted molar refractivity (Wildman–Crippen MR) is 193 cm³/mol. The van der Waals surface area contributed by atoms with Crippen LogP contribution in [0.2, 0.25) is 25.7 Å². The third-order valence-corrected chi connectivity index (χ3v) is 10.8. The molecule has 266 valence electrons. The smallest absolute Gasteiger partial charge is 0.407 e. The van der Waals surface area contributed by atoms with Crippen molar-refractivity contribution in [1.29, 1.82) is 0 Å². The van der Waals surface area contributed by atoms with Crippen molar-refractivity contribution in [3.63, 3.8) is 0 Å². The number of amides is 4. The van der Waals surface area contributed by atoms with Crippen molar-refractivity contribution in [1.82, 2.24) is 20.2 Å². The summed E-state index contributed by atoms with van der Waals surface area (Å²) in [4.78, 5) is 65.4. The van der Waals surface area contributed by atoms with Crippen molar-refractivity contribution in [2.75, 3.05) is 37.2 Å². The number of anilines is 2. The summed E-state index contributed by atoms with van der Waals surface area (Å²) in [5, 5.41) is 5.56. The highest BCUT2D eigenvalue weighted by Crippen LogP contribution is 2.48. The zero-order valence-corrected chi connectivity index (χ0v) is 31.1. The lowest BCUT2D eigenvalue weighted by atomic mass is 9.80. The van der Waals surface area contributed by atoms with E-state index in [1.54, 1.807) is 17.2 Å². The Morgan fingerprint density at radius 1 is 1.02 bits per heavy atom. The lowest BCUT2D eigenvalue weighted by Gasteiger charge is -2.30. The second-order valence-corrected chi connectivity index (χ2v) is 20.9. The molecule has 5 rings (SSSR count). The first kappa shape index (κ1) is 36.7. The van der Waals surface area contributed by atoms with E-state index >= 15 is 0 Å². The summed E-state index contributed by atoms with van der Waals surface area (Å²) in [5.41, 5.74) is 2.55. The van der Waals surface area contributed by atoms with E-state index in [0.717, 1.165) is 34.0 Å². The summed E-state index contributed by atoms with van der Waals surface area (Å²) >= 11 is 0. The van der Waals surface area contributed by atoms with Crippen LogP contribution in [0.25, 0.3) is 0 Å². The van der Waals surface area contributed by atoms with Crippen LogP contribution in [0.1, 0.15) is 48.7 Å². The SMILES string of the molecule is COC(=O)NCc1ccccc1CN(CC(=O)Nc1ccc2c(n1)CC1(C2)C(=O)N(COCC[Si](C)(C)C)c2ncccc21)C(=O)C(C)(C)C. The van der Waals surface area contributed by atoms with E-state index in [9.17, 15) is 19.2 Å². The van der Waals surface area contributed by atoms with Crippen LogP contribution in [-0.4, -0.2) is 73.7 Å². The number of rotatable bonds is 12. The molecule has 13 heteroatoms. The standard InChI is InChI=1S/C37H48N6O6Si/c1-36(2,3)33(45)42(22-27-12-9-8-11-26(27)21-39-35(47)48-4)23-31(44)41-30-15-14-25-19-37(20-29(25)40-30)28-13-10-16-38-32(28)43(34(37)46)24-49-17-18-50(5,6)7/h8-16H,17-24H2,1-7H3,(H,39,47)(H,40,41,44). The molecular formula is C37H48N6O6Si. The van der Waals surface area contributed by atoms with Crippen LogP contribution < -0.4 is 15.5 Å². The Morgan fingerprint density at radius 3 is 2.46 bits per heavy atom. The topological polar surface area (TPSA) is 143 Å². The molecule has 0 bridgehead atoms. The largest absolute Gasteiger partial charge is 0.453 e. The van der Waals surface area contributed by atoms with Gasteiger partial charge in [0.05, 0.1) is 12.5 Å². The molecule has 2 aromatic heterocycles. The van der Waals surface area contributed by atoms with Gasteiger partial charge >= 0.3 is 6.09 Å². The molecule has 1 atom stereocenters. The van der Waals surface area contributed by atoms with Gasteiger partial charge in [-0.2, -0.15) is 0 Å². The van der Waals surface area contributed by atoms with Gasteiger partial charge in [0.2, 0.25) is 17.7 Å². The fraction of sp³-hybridized carbons (Fsp3) is 0.459.